The van der Waals surface area contributed by atoms with Gasteiger partial charge in [-0.3, -0.25) is 9.79 Å². The van der Waals surface area contributed by atoms with Crippen LogP contribution < -0.4 is 5.32 Å². The summed E-state index contributed by atoms with van der Waals surface area (Å²) < 4.78 is 0. The Morgan fingerprint density at radius 3 is 3.36 bits per heavy atom. The molecule has 2 aliphatic rings. The molecule has 4 nitrogen and oxygen atoms in total. The van der Waals surface area contributed by atoms with E-state index in [1.54, 1.807) is 6.07 Å². The highest BCUT2D eigenvalue weighted by Crippen LogP contribution is 2.36. The van der Waals surface area contributed by atoms with Gasteiger partial charge in [-0.2, -0.15) is 0 Å². The second kappa shape index (κ2) is 2.43. The lowest BCUT2D eigenvalue weighted by Crippen LogP contribution is -2.50. The molecule has 2 aliphatic heterocycles. The summed E-state index contributed by atoms with van der Waals surface area (Å²) in [7, 11) is 0. The van der Waals surface area contributed by atoms with Crippen molar-refractivity contribution in [2.24, 2.45) is 4.99 Å². The minimum atomic E-state index is -1.38. The number of thiophene rings is 1. The van der Waals surface area contributed by atoms with Crippen molar-refractivity contribution in [1.29, 1.82) is 0 Å². The number of hydrogen-bond donors (Lipinski definition) is 2. The molecule has 1 aromatic heterocycles. The number of rotatable bonds is 0. The first-order valence-corrected chi connectivity index (χ1v) is 5.26. The van der Waals surface area contributed by atoms with Crippen molar-refractivity contribution in [2.75, 3.05) is 11.9 Å². The third-order valence-corrected chi connectivity index (χ3v) is 3.48. The third kappa shape index (κ3) is 0.809. The first-order valence-electron chi connectivity index (χ1n) is 4.38. The Bertz CT molecular complexity index is 451. The summed E-state index contributed by atoms with van der Waals surface area (Å²) >= 11 is 1.45. The molecular weight excluding hydrogens is 200 g/mol. The Morgan fingerprint density at radius 1 is 1.64 bits per heavy atom. The van der Waals surface area contributed by atoms with Gasteiger partial charge in [-0.1, -0.05) is 0 Å². The topological polar surface area (TPSA) is 61.7 Å². The molecule has 1 atom stereocenters. The molecule has 3 heterocycles. The number of aliphatic imine (C=N–C) groups is 1. The maximum absolute atomic E-state index is 11.9. The summed E-state index contributed by atoms with van der Waals surface area (Å²) in [5.41, 5.74) is -0.799. The minimum Gasteiger partial charge on any atom is -0.374 e. The van der Waals surface area contributed by atoms with Crippen molar-refractivity contribution in [2.45, 2.75) is 12.0 Å². The van der Waals surface area contributed by atoms with Crippen molar-refractivity contribution < 1.29 is 9.90 Å². The van der Waals surface area contributed by atoms with E-state index >= 15 is 0 Å². The van der Waals surface area contributed by atoms with Gasteiger partial charge in [0.2, 0.25) is 5.78 Å². The maximum Gasteiger partial charge on any atom is 0.205 e. The normalized spacial score (nSPS) is 29.2. The third-order valence-electron chi connectivity index (χ3n) is 2.65. The average molecular weight is 208 g/mol. The summed E-state index contributed by atoms with van der Waals surface area (Å²) in [5, 5.41) is 15.7. The van der Waals surface area contributed by atoms with Gasteiger partial charge in [0.15, 0.2) is 5.60 Å². The fourth-order valence-corrected chi connectivity index (χ4v) is 2.64. The van der Waals surface area contributed by atoms with Crippen LogP contribution in [0.4, 0.5) is 5.00 Å². The van der Waals surface area contributed by atoms with Crippen LogP contribution in [0, 0.1) is 0 Å². The highest BCUT2D eigenvalue weighted by molar-refractivity contribution is 7.15. The highest BCUT2D eigenvalue weighted by Gasteiger charge is 2.48. The molecule has 0 aliphatic carbocycles. The van der Waals surface area contributed by atoms with Crippen molar-refractivity contribution >= 4 is 28.0 Å². The molecule has 1 aromatic rings. The number of fused-ring (bicyclic) bond motifs is 2. The number of anilines is 1. The van der Waals surface area contributed by atoms with E-state index < -0.39 is 5.60 Å². The number of nitrogens with one attached hydrogen (secondary N) is 1. The number of hydrogen-bond acceptors (Lipinski definition) is 5. The average Bonchev–Trinajstić information content (AvgIpc) is 2.74. The molecule has 3 rings (SSSR count). The second-order valence-corrected chi connectivity index (χ2v) is 4.37. The van der Waals surface area contributed by atoms with Gasteiger partial charge in [-0.05, 0) is 11.4 Å². The fourth-order valence-electron chi connectivity index (χ4n) is 1.86. The van der Waals surface area contributed by atoms with Crippen molar-refractivity contribution in [1.82, 2.24) is 0 Å². The van der Waals surface area contributed by atoms with E-state index in [4.69, 9.17) is 0 Å². The molecular formula is C9H8N2O2S. The first kappa shape index (κ1) is 8.14. The lowest BCUT2D eigenvalue weighted by Gasteiger charge is -2.28. The summed E-state index contributed by atoms with van der Waals surface area (Å²) in [6.45, 7) is 0.513. The predicted octanol–water partition coefficient (Wildman–Crippen LogP) is 0.890. The Hall–Kier alpha value is -1.20. The van der Waals surface area contributed by atoms with Crippen molar-refractivity contribution in [3.05, 3.63) is 17.0 Å². The van der Waals surface area contributed by atoms with E-state index in [-0.39, 0.29) is 5.78 Å². The van der Waals surface area contributed by atoms with Crippen LogP contribution in [0.15, 0.2) is 16.4 Å². The maximum atomic E-state index is 11.9. The molecule has 14 heavy (non-hydrogen) atoms. The van der Waals surface area contributed by atoms with Gasteiger partial charge >= 0.3 is 0 Å². The zero-order valence-electron chi connectivity index (χ0n) is 7.28. The summed E-state index contributed by atoms with van der Waals surface area (Å²) in [4.78, 5) is 16.0. The zero-order chi connectivity index (χ0) is 9.76. The van der Waals surface area contributed by atoms with E-state index in [1.165, 1.54) is 11.3 Å². The molecule has 0 fully saturated rings. The number of amidine groups is 1. The molecule has 0 saturated heterocycles. The number of carbonyl (C=O) groups is 1. The molecule has 0 unspecified atom stereocenters. The lowest BCUT2D eigenvalue weighted by atomic mass is 9.88. The fraction of sp³-hybridized carbons (Fsp3) is 0.333. The van der Waals surface area contributed by atoms with Crippen molar-refractivity contribution in [3.8, 4) is 0 Å². The smallest absolute Gasteiger partial charge is 0.205 e. The number of carbonyl (C=O) groups excluding carboxylic acids is 1. The Balaban J connectivity index is 2.21. The molecule has 0 aromatic carbocycles. The SMILES string of the molecule is O=C1c2ccsc2NC2=NCC[C@@]12O. The number of aliphatic hydroxyl groups is 1. The number of nitrogens with zero attached hydrogens (tertiary/aromatic N) is 1. The van der Waals surface area contributed by atoms with Gasteiger partial charge in [0, 0.05) is 13.0 Å². The second-order valence-electron chi connectivity index (χ2n) is 3.46. The van der Waals surface area contributed by atoms with Gasteiger partial charge in [0.05, 0.1) is 5.56 Å². The van der Waals surface area contributed by atoms with Crippen LogP contribution in [0.2, 0.25) is 0 Å². The summed E-state index contributed by atoms with van der Waals surface area (Å²) in [6.07, 6.45) is 0.392. The molecule has 0 amide bonds. The molecule has 0 spiro atoms. The molecule has 0 radical (unpaired) electrons. The molecule has 72 valence electrons. The summed E-state index contributed by atoms with van der Waals surface area (Å²) in [6, 6.07) is 1.74. The highest BCUT2D eigenvalue weighted by atomic mass is 32.1. The van der Waals surface area contributed by atoms with Crippen LogP contribution in [0.1, 0.15) is 16.8 Å². The molecule has 0 bridgehead atoms. The van der Waals surface area contributed by atoms with Crippen LogP contribution >= 0.6 is 11.3 Å². The minimum absolute atomic E-state index is 0.219. The van der Waals surface area contributed by atoms with Gasteiger partial charge < -0.3 is 10.4 Å². The summed E-state index contributed by atoms with van der Waals surface area (Å²) in [5.74, 6) is 0.196. The lowest BCUT2D eigenvalue weighted by molar-refractivity contribution is 0.0597. The first-order chi connectivity index (χ1) is 6.72. The van der Waals surface area contributed by atoms with E-state index in [0.717, 1.165) is 5.00 Å². The van der Waals surface area contributed by atoms with Gasteiger partial charge in [-0.15, -0.1) is 11.3 Å². The zero-order valence-corrected chi connectivity index (χ0v) is 8.10. The van der Waals surface area contributed by atoms with E-state index in [2.05, 4.69) is 10.3 Å². The largest absolute Gasteiger partial charge is 0.374 e. The van der Waals surface area contributed by atoms with Crippen LogP contribution in [0.25, 0.3) is 0 Å². The van der Waals surface area contributed by atoms with E-state index in [9.17, 15) is 9.90 Å². The van der Waals surface area contributed by atoms with Crippen LogP contribution in [0.3, 0.4) is 0 Å². The van der Waals surface area contributed by atoms with Gasteiger partial charge in [0.1, 0.15) is 10.8 Å². The Kier molecular flexibility index (Phi) is 1.41. The predicted molar refractivity (Wildman–Crippen MR) is 54.1 cm³/mol. The van der Waals surface area contributed by atoms with E-state index in [0.29, 0.717) is 24.4 Å². The van der Waals surface area contributed by atoms with Gasteiger partial charge in [-0.25, -0.2) is 0 Å². The number of Topliss-reactive ketones (excluding diaryl/α,β-unsaturated/α-hetero) is 1. The van der Waals surface area contributed by atoms with Crippen LogP contribution in [0.5, 0.6) is 0 Å². The molecule has 0 saturated carbocycles. The van der Waals surface area contributed by atoms with E-state index in [1.807, 2.05) is 5.38 Å². The monoisotopic (exact) mass is 208 g/mol. The Labute approximate surface area is 84.3 Å². The van der Waals surface area contributed by atoms with Gasteiger partial charge in [0.25, 0.3) is 0 Å². The number of ketones is 1. The molecule has 5 heteroatoms. The molecule has 2 N–H and O–H groups in total. The van der Waals surface area contributed by atoms with Crippen molar-refractivity contribution in [3.63, 3.8) is 0 Å². The van der Waals surface area contributed by atoms with Crippen LogP contribution in [-0.4, -0.2) is 28.9 Å². The standard InChI is InChI=1S/C9H8N2O2S/c12-6-5-1-4-14-7(5)11-8-9(6,13)2-3-10-8/h1,4,13H,2-3H2,(H,10,11)/t9-/m1/s1. The van der Waals surface area contributed by atoms with Crippen LogP contribution in [-0.2, 0) is 0 Å². The Morgan fingerprint density at radius 2 is 2.50 bits per heavy atom. The quantitative estimate of drug-likeness (QED) is 0.665.